The molecule has 1 heterocycles. The van der Waals surface area contributed by atoms with Gasteiger partial charge in [-0.05, 0) is 36.4 Å². The number of methoxy groups -OCH3 is 2. The Morgan fingerprint density at radius 1 is 0.871 bits per heavy atom. The highest BCUT2D eigenvalue weighted by atomic mass is 16.5. The number of hydrogen-bond acceptors (Lipinski definition) is 12. The molecule has 12 nitrogen and oxygen atoms in total. The number of hydrogen-bond donors (Lipinski definition) is 7. The summed E-state index contributed by atoms with van der Waals surface area (Å²) in [5.74, 6) is -2.40. The van der Waals surface area contributed by atoms with Gasteiger partial charge in [0.25, 0.3) is 0 Å². The van der Waals surface area contributed by atoms with Crippen molar-refractivity contribution in [2.24, 2.45) is 34.4 Å². The summed E-state index contributed by atoms with van der Waals surface area (Å²) in [5, 5.41) is 0. The summed E-state index contributed by atoms with van der Waals surface area (Å²) in [4.78, 5) is 5.41. The molecule has 14 N–H and O–H groups in total. The normalized spacial score (nSPS) is 12.0. The van der Waals surface area contributed by atoms with Crippen molar-refractivity contribution in [3.63, 3.8) is 0 Å². The molecule has 0 saturated heterocycles. The maximum Gasteiger partial charge on any atom is 0.201 e. The Bertz CT molecular complexity index is 1040. The van der Waals surface area contributed by atoms with E-state index in [1.165, 1.54) is 20.6 Å². The Labute approximate surface area is 178 Å². The summed E-state index contributed by atoms with van der Waals surface area (Å²) in [6.45, 7) is 0. The lowest BCUT2D eigenvalue weighted by molar-refractivity contribution is 0.302. The summed E-state index contributed by atoms with van der Waals surface area (Å²) in [7, 11) is 3.03. The molecule has 12 heteroatoms. The average molecular weight is 429 g/mol. The van der Waals surface area contributed by atoms with Crippen LogP contribution in [-0.4, -0.2) is 31.0 Å². The molecule has 0 aliphatic rings. The zero-order valence-electron chi connectivity index (χ0n) is 17.2. The molecule has 0 radical (unpaired) electrons. The minimum absolute atomic E-state index is 0.396. The molecule has 0 fully saturated rings. The summed E-state index contributed by atoms with van der Waals surface area (Å²) < 4.78 is 16.3. The van der Waals surface area contributed by atoms with Gasteiger partial charge in [0.05, 0.1) is 19.9 Å². The van der Waals surface area contributed by atoms with E-state index in [0.717, 1.165) is 4.90 Å². The van der Waals surface area contributed by atoms with Crippen molar-refractivity contribution >= 4 is 11.4 Å². The number of nitrogen functional groups attached to an aromatic ring is 1. The minimum Gasteiger partial charge on any atom is -0.493 e. The van der Waals surface area contributed by atoms with Gasteiger partial charge in [0.15, 0.2) is 23.7 Å². The smallest absolute Gasteiger partial charge is 0.201 e. The van der Waals surface area contributed by atoms with E-state index < -0.39 is 11.8 Å². The van der Waals surface area contributed by atoms with Gasteiger partial charge < -0.3 is 19.6 Å². The molecule has 31 heavy (non-hydrogen) atoms. The number of rotatable bonds is 7. The fraction of sp³-hybridized carbons (Fsp3) is 0.211. The second kappa shape index (κ2) is 8.03. The fourth-order valence-corrected chi connectivity index (χ4v) is 3.33. The first-order valence-corrected chi connectivity index (χ1v) is 9.06. The van der Waals surface area contributed by atoms with Crippen LogP contribution in [0.3, 0.4) is 0 Å². The third kappa shape index (κ3) is 4.39. The monoisotopic (exact) mass is 429 g/mol. The van der Waals surface area contributed by atoms with Gasteiger partial charge in [0.2, 0.25) is 11.8 Å². The van der Waals surface area contributed by atoms with Gasteiger partial charge in [-0.2, -0.15) is 0 Å². The summed E-state index contributed by atoms with van der Waals surface area (Å²) in [5.41, 5.74) is 43.5. The quantitative estimate of drug-likeness (QED) is 0.184. The summed E-state index contributed by atoms with van der Waals surface area (Å²) >= 11 is 0. The highest BCUT2D eigenvalue weighted by Crippen LogP contribution is 2.40. The van der Waals surface area contributed by atoms with Gasteiger partial charge in [-0.1, -0.05) is 0 Å². The topological polar surface area (TPSA) is 230 Å². The van der Waals surface area contributed by atoms with Crippen molar-refractivity contribution in [2.75, 3.05) is 24.9 Å². The number of nitrogens with zero attached hydrogens (tertiary/aromatic N) is 2. The van der Waals surface area contributed by atoms with E-state index in [9.17, 15) is 0 Å². The maximum absolute atomic E-state index is 6.10. The van der Waals surface area contributed by atoms with Crippen molar-refractivity contribution in [1.29, 1.82) is 0 Å². The van der Waals surface area contributed by atoms with E-state index in [2.05, 4.69) is 4.98 Å². The van der Waals surface area contributed by atoms with Crippen LogP contribution < -0.4 is 54.5 Å². The molecule has 0 atom stereocenters. The molecule has 0 aliphatic carbocycles. The molecule has 0 bridgehead atoms. The lowest BCUT2D eigenvalue weighted by atomic mass is 10.0. The molecule has 0 amide bonds. The first kappa shape index (κ1) is 22.3. The Morgan fingerprint density at radius 2 is 1.48 bits per heavy atom. The van der Waals surface area contributed by atoms with Gasteiger partial charge in [0.1, 0.15) is 5.69 Å². The molecule has 1 aromatic heterocycles. The molecule has 0 saturated carbocycles. The molecule has 0 aliphatic heterocycles. The highest BCUT2D eigenvalue weighted by Gasteiger charge is 2.35. The van der Waals surface area contributed by atoms with E-state index in [0.29, 0.717) is 45.5 Å². The van der Waals surface area contributed by atoms with Gasteiger partial charge in [0, 0.05) is 16.8 Å². The van der Waals surface area contributed by atoms with Crippen LogP contribution in [0.15, 0.2) is 47.2 Å². The number of aromatic nitrogens is 1. The van der Waals surface area contributed by atoms with Crippen LogP contribution in [0.4, 0.5) is 11.4 Å². The van der Waals surface area contributed by atoms with Crippen molar-refractivity contribution in [3.05, 3.63) is 42.8 Å². The Hall–Kier alpha value is -3.39. The molecule has 3 rings (SSSR count). The zero-order valence-corrected chi connectivity index (χ0v) is 17.2. The molecule has 3 aromatic rings. The molecular formula is C19H27N9O3. The third-order valence-electron chi connectivity index (χ3n) is 4.51. The largest absolute Gasteiger partial charge is 0.493 e. The van der Waals surface area contributed by atoms with Crippen LogP contribution in [0, 0.1) is 0 Å². The second-order valence-electron chi connectivity index (χ2n) is 6.99. The number of nitrogens with two attached hydrogens (primary N) is 7. The Balaban J connectivity index is 2.03. The number of oxazole rings is 1. The predicted molar refractivity (Wildman–Crippen MR) is 118 cm³/mol. The van der Waals surface area contributed by atoms with E-state index in [1.807, 2.05) is 0 Å². The SMILES string of the molecule is COc1cc(-c2ncoc2-c2ccc(N(C(N)(N)N)C(N)(N)N)cc2)cc(N)c1OC. The first-order chi connectivity index (χ1) is 14.5. The highest BCUT2D eigenvalue weighted by molar-refractivity contribution is 5.81. The van der Waals surface area contributed by atoms with Crippen molar-refractivity contribution < 1.29 is 13.9 Å². The summed E-state index contributed by atoms with van der Waals surface area (Å²) in [6, 6.07) is 10.2. The Kier molecular flexibility index (Phi) is 5.78. The fourth-order valence-electron chi connectivity index (χ4n) is 3.33. The second-order valence-corrected chi connectivity index (χ2v) is 6.99. The van der Waals surface area contributed by atoms with Crippen LogP contribution in [0.1, 0.15) is 0 Å². The first-order valence-electron chi connectivity index (χ1n) is 9.06. The van der Waals surface area contributed by atoms with Crippen molar-refractivity contribution in [1.82, 2.24) is 4.98 Å². The standard InChI is InChI=1S/C19H27N9O3/c1-29-14-8-11(7-13(20)17(14)30-2)15-16(31-9-27-15)10-3-5-12(6-4-10)28(18(21,22)23)19(24,25)26/h3-9H,20-26H2,1-2H3. The van der Waals surface area contributed by atoms with Crippen LogP contribution >= 0.6 is 0 Å². The van der Waals surface area contributed by atoms with Gasteiger partial charge >= 0.3 is 0 Å². The molecular weight excluding hydrogens is 402 g/mol. The van der Waals surface area contributed by atoms with E-state index in [4.69, 9.17) is 54.0 Å². The zero-order chi connectivity index (χ0) is 23.0. The average Bonchev–Trinajstić information content (AvgIpc) is 3.15. The number of ether oxygens (including phenoxy) is 2. The Morgan fingerprint density at radius 3 is 2.00 bits per heavy atom. The lowest BCUT2D eigenvalue weighted by Crippen LogP contribution is -2.84. The van der Waals surface area contributed by atoms with Gasteiger partial charge in [-0.3, -0.25) is 39.3 Å². The van der Waals surface area contributed by atoms with Gasteiger partial charge in [-0.15, -0.1) is 0 Å². The molecule has 0 unspecified atom stereocenters. The molecule has 2 aromatic carbocycles. The van der Waals surface area contributed by atoms with Crippen molar-refractivity contribution in [2.45, 2.75) is 11.8 Å². The minimum atomic E-state index is -1.89. The maximum atomic E-state index is 6.10. The number of anilines is 2. The summed E-state index contributed by atoms with van der Waals surface area (Å²) in [6.07, 6.45) is 1.33. The van der Waals surface area contributed by atoms with Crippen LogP contribution in [0.25, 0.3) is 22.6 Å². The van der Waals surface area contributed by atoms with E-state index >= 15 is 0 Å². The third-order valence-corrected chi connectivity index (χ3v) is 4.51. The van der Waals surface area contributed by atoms with Gasteiger partial charge in [-0.25, -0.2) is 4.98 Å². The van der Waals surface area contributed by atoms with Crippen LogP contribution in [0.5, 0.6) is 11.5 Å². The van der Waals surface area contributed by atoms with Crippen molar-refractivity contribution in [3.8, 4) is 34.1 Å². The molecule has 166 valence electrons. The predicted octanol–water partition coefficient (Wildman–Crippen LogP) is -0.611. The van der Waals surface area contributed by atoms with E-state index in [-0.39, 0.29) is 0 Å². The van der Waals surface area contributed by atoms with Crippen LogP contribution in [0.2, 0.25) is 0 Å². The number of benzene rings is 2. The van der Waals surface area contributed by atoms with Crippen LogP contribution in [-0.2, 0) is 0 Å². The lowest BCUT2D eigenvalue weighted by Gasteiger charge is -2.44. The molecule has 0 spiro atoms. The van der Waals surface area contributed by atoms with E-state index in [1.54, 1.807) is 36.4 Å².